The Labute approximate surface area is 121 Å². The summed E-state index contributed by atoms with van der Waals surface area (Å²) in [5.74, 6) is -0.261. The van der Waals surface area contributed by atoms with Crippen LogP contribution in [0.2, 0.25) is 0 Å². The van der Waals surface area contributed by atoms with Crippen LogP contribution >= 0.6 is 0 Å². The molecule has 0 saturated heterocycles. The van der Waals surface area contributed by atoms with Gasteiger partial charge in [0.1, 0.15) is 0 Å². The first-order valence-corrected chi connectivity index (χ1v) is 6.88. The van der Waals surface area contributed by atoms with Crippen molar-refractivity contribution in [3.63, 3.8) is 0 Å². The molecule has 21 heavy (non-hydrogen) atoms. The smallest absolute Gasteiger partial charge is 0.305 e. The Morgan fingerprint density at radius 3 is 3.00 bits per heavy atom. The molecule has 0 saturated carbocycles. The number of hydrogen-bond donors (Lipinski definition) is 1. The van der Waals surface area contributed by atoms with Gasteiger partial charge in [0.25, 0.3) is 0 Å². The van der Waals surface area contributed by atoms with Crippen LogP contribution in [-0.2, 0) is 22.7 Å². The van der Waals surface area contributed by atoms with E-state index in [4.69, 9.17) is 9.84 Å². The fourth-order valence-corrected chi connectivity index (χ4v) is 2.55. The maximum absolute atomic E-state index is 11.0. The second kappa shape index (κ2) is 5.61. The average Bonchev–Trinajstić information content (AvgIpc) is 3.12. The van der Waals surface area contributed by atoms with Gasteiger partial charge in [-0.25, -0.2) is 4.68 Å². The third-order valence-corrected chi connectivity index (χ3v) is 3.70. The summed E-state index contributed by atoms with van der Waals surface area (Å²) in [5.41, 5.74) is 3.19. The lowest BCUT2D eigenvalue weighted by atomic mass is 10.1. The van der Waals surface area contributed by atoms with Crippen molar-refractivity contribution in [2.75, 3.05) is 0 Å². The highest BCUT2D eigenvalue weighted by Gasteiger charge is 2.21. The molecule has 0 fully saturated rings. The highest BCUT2D eigenvalue weighted by Crippen LogP contribution is 2.27. The van der Waals surface area contributed by atoms with Crippen LogP contribution in [-0.4, -0.2) is 31.3 Å². The van der Waals surface area contributed by atoms with Gasteiger partial charge in [0, 0.05) is 5.56 Å². The molecule has 3 rings (SSSR count). The van der Waals surface area contributed by atoms with E-state index in [1.165, 1.54) is 5.56 Å². The largest absolute Gasteiger partial charge is 0.481 e. The van der Waals surface area contributed by atoms with Crippen molar-refractivity contribution in [3.8, 4) is 11.4 Å². The van der Waals surface area contributed by atoms with Gasteiger partial charge in [-0.3, -0.25) is 4.79 Å². The minimum atomic E-state index is -0.856. The molecule has 0 aliphatic carbocycles. The zero-order valence-corrected chi connectivity index (χ0v) is 11.7. The van der Waals surface area contributed by atoms with E-state index < -0.39 is 5.97 Å². The SMILES string of the molecule is CCC(CC(=O)O)n1nnnc1-c1ccc2c(c1)COC2. The monoisotopic (exact) mass is 288 g/mol. The van der Waals surface area contributed by atoms with Crippen molar-refractivity contribution >= 4 is 5.97 Å². The highest BCUT2D eigenvalue weighted by molar-refractivity contribution is 5.67. The van der Waals surface area contributed by atoms with E-state index in [0.29, 0.717) is 25.5 Å². The van der Waals surface area contributed by atoms with E-state index in [9.17, 15) is 4.79 Å². The lowest BCUT2D eigenvalue weighted by Crippen LogP contribution is -2.15. The lowest BCUT2D eigenvalue weighted by Gasteiger charge is -2.14. The second-order valence-corrected chi connectivity index (χ2v) is 5.08. The van der Waals surface area contributed by atoms with Crippen molar-refractivity contribution < 1.29 is 14.6 Å². The minimum absolute atomic E-state index is 0.00257. The summed E-state index contributed by atoms with van der Waals surface area (Å²) in [6, 6.07) is 5.72. The van der Waals surface area contributed by atoms with Gasteiger partial charge in [-0.1, -0.05) is 19.1 Å². The lowest BCUT2D eigenvalue weighted by molar-refractivity contribution is -0.138. The van der Waals surface area contributed by atoms with Gasteiger partial charge in [0.2, 0.25) is 0 Å². The third-order valence-electron chi connectivity index (χ3n) is 3.70. The van der Waals surface area contributed by atoms with Crippen LogP contribution in [0.4, 0.5) is 0 Å². The Morgan fingerprint density at radius 2 is 2.24 bits per heavy atom. The van der Waals surface area contributed by atoms with E-state index in [0.717, 1.165) is 11.1 Å². The summed E-state index contributed by atoms with van der Waals surface area (Å²) in [7, 11) is 0. The summed E-state index contributed by atoms with van der Waals surface area (Å²) in [6.45, 7) is 3.16. The molecule has 1 aromatic carbocycles. The zero-order valence-electron chi connectivity index (χ0n) is 11.7. The fourth-order valence-electron chi connectivity index (χ4n) is 2.55. The number of fused-ring (bicyclic) bond motifs is 1. The van der Waals surface area contributed by atoms with E-state index >= 15 is 0 Å². The number of aliphatic carboxylic acids is 1. The summed E-state index contributed by atoms with van der Waals surface area (Å²) < 4.78 is 7.01. The van der Waals surface area contributed by atoms with Crippen LogP contribution in [0.25, 0.3) is 11.4 Å². The van der Waals surface area contributed by atoms with Gasteiger partial charge >= 0.3 is 5.97 Å². The Balaban J connectivity index is 1.96. The van der Waals surface area contributed by atoms with Crippen LogP contribution in [0.1, 0.15) is 36.9 Å². The number of rotatable bonds is 5. The summed E-state index contributed by atoms with van der Waals surface area (Å²) in [5, 5.41) is 20.7. The zero-order chi connectivity index (χ0) is 14.8. The highest BCUT2D eigenvalue weighted by atomic mass is 16.5. The van der Waals surface area contributed by atoms with Crippen molar-refractivity contribution in [3.05, 3.63) is 29.3 Å². The maximum atomic E-state index is 11.0. The second-order valence-electron chi connectivity index (χ2n) is 5.08. The number of tetrazole rings is 1. The maximum Gasteiger partial charge on any atom is 0.305 e. The Hall–Kier alpha value is -2.28. The van der Waals surface area contributed by atoms with Crippen LogP contribution in [0.3, 0.4) is 0 Å². The molecule has 1 unspecified atom stereocenters. The topological polar surface area (TPSA) is 90.1 Å². The number of aromatic nitrogens is 4. The number of nitrogens with zero attached hydrogens (tertiary/aromatic N) is 4. The van der Waals surface area contributed by atoms with Crippen LogP contribution in [0.5, 0.6) is 0 Å². The summed E-state index contributed by atoms with van der Waals surface area (Å²) in [6.07, 6.45) is 0.654. The van der Waals surface area contributed by atoms with Gasteiger partial charge in [0.15, 0.2) is 5.82 Å². The van der Waals surface area contributed by atoms with Crippen LogP contribution < -0.4 is 0 Å². The van der Waals surface area contributed by atoms with Crippen LogP contribution in [0, 0.1) is 0 Å². The first-order chi connectivity index (χ1) is 10.2. The van der Waals surface area contributed by atoms with E-state index in [-0.39, 0.29) is 12.5 Å². The number of benzene rings is 1. The first kappa shape index (κ1) is 13.7. The molecule has 7 heteroatoms. The van der Waals surface area contributed by atoms with Crippen molar-refractivity contribution in [2.45, 2.75) is 39.0 Å². The van der Waals surface area contributed by atoms with Crippen molar-refractivity contribution in [1.29, 1.82) is 0 Å². The third kappa shape index (κ3) is 2.64. The van der Waals surface area contributed by atoms with Gasteiger partial charge in [0.05, 0.1) is 25.7 Å². The molecule has 2 heterocycles. The predicted molar refractivity (Wildman–Crippen MR) is 73.3 cm³/mol. The molecule has 0 radical (unpaired) electrons. The Bertz CT molecular complexity index is 668. The Kier molecular flexibility index (Phi) is 3.66. The summed E-state index contributed by atoms with van der Waals surface area (Å²) >= 11 is 0. The van der Waals surface area contributed by atoms with Gasteiger partial charge in [-0.05, 0) is 34.0 Å². The molecule has 1 aromatic heterocycles. The van der Waals surface area contributed by atoms with Crippen LogP contribution in [0.15, 0.2) is 18.2 Å². The summed E-state index contributed by atoms with van der Waals surface area (Å²) in [4.78, 5) is 11.0. The van der Waals surface area contributed by atoms with Gasteiger partial charge in [-0.2, -0.15) is 0 Å². The Morgan fingerprint density at radius 1 is 1.43 bits per heavy atom. The molecule has 7 nitrogen and oxygen atoms in total. The molecule has 0 bridgehead atoms. The first-order valence-electron chi connectivity index (χ1n) is 6.88. The molecular weight excluding hydrogens is 272 g/mol. The van der Waals surface area contributed by atoms with Crippen molar-refractivity contribution in [1.82, 2.24) is 20.2 Å². The molecule has 1 aliphatic heterocycles. The molecule has 110 valence electrons. The van der Waals surface area contributed by atoms with Gasteiger partial charge in [-0.15, -0.1) is 5.10 Å². The quantitative estimate of drug-likeness (QED) is 0.902. The standard InChI is InChI=1S/C14H16N4O3/c1-2-12(6-13(19)20)18-14(15-16-17-18)9-3-4-10-7-21-8-11(10)5-9/h3-5,12H,2,6-8H2,1H3,(H,19,20). The number of carboxylic acids is 1. The number of carbonyl (C=O) groups is 1. The molecule has 1 N–H and O–H groups in total. The molecule has 2 aromatic rings. The molecule has 0 spiro atoms. The van der Waals surface area contributed by atoms with E-state index in [1.807, 2.05) is 25.1 Å². The van der Waals surface area contributed by atoms with Crippen molar-refractivity contribution in [2.24, 2.45) is 0 Å². The van der Waals surface area contributed by atoms with Gasteiger partial charge < -0.3 is 9.84 Å². The molecule has 0 amide bonds. The minimum Gasteiger partial charge on any atom is -0.481 e. The number of ether oxygens (including phenoxy) is 1. The molecule has 1 atom stereocenters. The van der Waals surface area contributed by atoms with E-state index in [1.54, 1.807) is 4.68 Å². The fraction of sp³-hybridized carbons (Fsp3) is 0.429. The average molecular weight is 288 g/mol. The number of carboxylic acid groups (broad SMARTS) is 1. The predicted octanol–water partition coefficient (Wildman–Crippen LogP) is 1.80. The molecular formula is C14H16N4O3. The number of hydrogen-bond acceptors (Lipinski definition) is 5. The van der Waals surface area contributed by atoms with E-state index in [2.05, 4.69) is 15.5 Å². The normalized spacial score (nSPS) is 14.9. The molecule has 1 aliphatic rings.